The van der Waals surface area contributed by atoms with Crippen LogP contribution >= 0.6 is 15.9 Å². The van der Waals surface area contributed by atoms with Crippen molar-refractivity contribution in [1.29, 1.82) is 5.26 Å². The van der Waals surface area contributed by atoms with E-state index < -0.39 is 0 Å². The molecule has 1 amide bonds. The van der Waals surface area contributed by atoms with Crippen LogP contribution in [0.15, 0.2) is 70.8 Å². The summed E-state index contributed by atoms with van der Waals surface area (Å²) in [7, 11) is 0. The fraction of sp³-hybridized carbons (Fsp3) is 0.273. The smallest absolute Gasteiger partial charge is 0.266 e. The number of piperidine rings is 1. The van der Waals surface area contributed by atoms with Crippen molar-refractivity contribution in [3.05, 3.63) is 76.4 Å². The quantitative estimate of drug-likeness (QED) is 0.557. The molecule has 27 heavy (non-hydrogen) atoms. The molecule has 1 aliphatic heterocycles. The van der Waals surface area contributed by atoms with Gasteiger partial charge in [-0.1, -0.05) is 46.3 Å². The highest BCUT2D eigenvalue weighted by atomic mass is 79.9. The maximum atomic E-state index is 12.7. The number of hydrogen-bond acceptors (Lipinski definition) is 3. The topological polar surface area (TPSA) is 56.1 Å². The Labute approximate surface area is 168 Å². The zero-order valence-electron chi connectivity index (χ0n) is 15.1. The van der Waals surface area contributed by atoms with E-state index in [1.54, 1.807) is 4.90 Å². The first-order valence-electron chi connectivity index (χ1n) is 9.11. The number of nitrogens with one attached hydrogen (secondary N) is 1. The summed E-state index contributed by atoms with van der Waals surface area (Å²) in [5.74, 6) is 0.395. The number of nitriles is 1. The van der Waals surface area contributed by atoms with Crippen LogP contribution in [0.4, 0.5) is 5.69 Å². The normalized spacial score (nSPS) is 15.3. The third-order valence-corrected chi connectivity index (χ3v) is 5.38. The molecule has 0 atom stereocenters. The highest BCUT2D eigenvalue weighted by molar-refractivity contribution is 9.10. The Balaban J connectivity index is 1.54. The summed E-state index contributed by atoms with van der Waals surface area (Å²) in [6, 6.07) is 20.1. The Morgan fingerprint density at radius 1 is 1.15 bits per heavy atom. The first kappa shape index (κ1) is 19.2. The van der Waals surface area contributed by atoms with E-state index in [0.717, 1.165) is 29.4 Å². The monoisotopic (exact) mass is 423 g/mol. The average Bonchev–Trinajstić information content (AvgIpc) is 2.71. The molecule has 4 nitrogen and oxygen atoms in total. The minimum absolute atomic E-state index is 0.138. The van der Waals surface area contributed by atoms with Crippen molar-refractivity contribution in [2.75, 3.05) is 18.4 Å². The molecule has 3 rings (SSSR count). The lowest BCUT2D eigenvalue weighted by Gasteiger charge is -2.32. The van der Waals surface area contributed by atoms with Gasteiger partial charge < -0.3 is 10.2 Å². The lowest BCUT2D eigenvalue weighted by Crippen LogP contribution is -2.39. The van der Waals surface area contributed by atoms with Crippen molar-refractivity contribution < 1.29 is 4.79 Å². The van der Waals surface area contributed by atoms with Gasteiger partial charge in [0.15, 0.2) is 0 Å². The van der Waals surface area contributed by atoms with Gasteiger partial charge in [0.2, 0.25) is 0 Å². The Bertz CT molecular complexity index is 832. The molecule has 1 fully saturated rings. The number of anilines is 1. The largest absolute Gasteiger partial charge is 0.360 e. The van der Waals surface area contributed by atoms with E-state index in [2.05, 4.69) is 45.5 Å². The second-order valence-corrected chi connectivity index (χ2v) is 7.66. The molecule has 0 bridgehead atoms. The molecular formula is C22H22BrN3O. The molecule has 2 aromatic rings. The van der Waals surface area contributed by atoms with Crippen LogP contribution in [-0.2, 0) is 11.2 Å². The zero-order valence-corrected chi connectivity index (χ0v) is 16.7. The van der Waals surface area contributed by atoms with Gasteiger partial charge in [-0.2, -0.15) is 5.26 Å². The number of carbonyl (C=O) groups excluding carboxylic acids is 1. The lowest BCUT2D eigenvalue weighted by atomic mass is 9.90. The van der Waals surface area contributed by atoms with E-state index in [4.69, 9.17) is 0 Å². The number of likely N-dealkylation sites (tertiary alicyclic amines) is 1. The number of carbonyl (C=O) groups is 1. The summed E-state index contributed by atoms with van der Waals surface area (Å²) in [5, 5.41) is 12.4. The van der Waals surface area contributed by atoms with Gasteiger partial charge in [0, 0.05) is 29.4 Å². The molecular weight excluding hydrogens is 402 g/mol. The summed E-state index contributed by atoms with van der Waals surface area (Å²) >= 11 is 3.38. The lowest BCUT2D eigenvalue weighted by molar-refractivity contribution is -0.128. The number of benzene rings is 2. The van der Waals surface area contributed by atoms with E-state index in [-0.39, 0.29) is 11.5 Å². The van der Waals surface area contributed by atoms with Crippen LogP contribution in [0.2, 0.25) is 0 Å². The van der Waals surface area contributed by atoms with Crippen LogP contribution in [0.25, 0.3) is 0 Å². The molecule has 138 valence electrons. The third kappa shape index (κ3) is 5.45. The van der Waals surface area contributed by atoms with Gasteiger partial charge in [0.05, 0.1) is 0 Å². The van der Waals surface area contributed by atoms with Crippen molar-refractivity contribution in [1.82, 2.24) is 4.90 Å². The fourth-order valence-corrected chi connectivity index (χ4v) is 3.57. The molecule has 1 N–H and O–H groups in total. The Hall–Kier alpha value is -2.58. The predicted octanol–water partition coefficient (Wildman–Crippen LogP) is 4.75. The van der Waals surface area contributed by atoms with E-state index >= 15 is 0 Å². The number of halogens is 1. The first-order valence-corrected chi connectivity index (χ1v) is 9.90. The molecule has 0 aliphatic carbocycles. The van der Waals surface area contributed by atoms with Gasteiger partial charge >= 0.3 is 0 Å². The van der Waals surface area contributed by atoms with E-state index in [0.29, 0.717) is 19.0 Å². The summed E-state index contributed by atoms with van der Waals surface area (Å²) in [6.45, 7) is 1.40. The number of hydrogen-bond donors (Lipinski definition) is 1. The number of rotatable bonds is 5. The van der Waals surface area contributed by atoms with Crippen LogP contribution in [-0.4, -0.2) is 23.9 Å². The standard InChI is InChI=1S/C22H22BrN3O/c23-20-6-8-21(9-7-20)25-16-19(15-24)22(27)26-12-10-18(11-13-26)14-17-4-2-1-3-5-17/h1-9,16,18,25H,10-14H2/b19-16-. The van der Waals surface area contributed by atoms with Crippen LogP contribution in [0, 0.1) is 17.2 Å². The van der Waals surface area contributed by atoms with Gasteiger partial charge in [0.25, 0.3) is 5.91 Å². The van der Waals surface area contributed by atoms with Crippen LogP contribution in [0.5, 0.6) is 0 Å². The van der Waals surface area contributed by atoms with Crippen molar-refractivity contribution in [2.24, 2.45) is 5.92 Å². The van der Waals surface area contributed by atoms with Gasteiger partial charge in [-0.05, 0) is 55.0 Å². The maximum Gasteiger partial charge on any atom is 0.266 e. The van der Waals surface area contributed by atoms with Gasteiger partial charge in [-0.25, -0.2) is 0 Å². The molecule has 0 saturated carbocycles. The summed E-state index contributed by atoms with van der Waals surface area (Å²) in [6.07, 6.45) is 4.50. The number of nitrogens with zero attached hydrogens (tertiary/aromatic N) is 2. The maximum absolute atomic E-state index is 12.7. The van der Waals surface area contributed by atoms with E-state index in [1.807, 2.05) is 36.4 Å². The van der Waals surface area contributed by atoms with Crippen molar-refractivity contribution in [3.8, 4) is 6.07 Å². The first-order chi connectivity index (χ1) is 13.2. The van der Waals surface area contributed by atoms with Crippen LogP contribution in [0.1, 0.15) is 18.4 Å². The molecule has 0 aromatic heterocycles. The second kappa shape index (κ2) is 9.38. The third-order valence-electron chi connectivity index (χ3n) is 4.85. The Kier molecular flexibility index (Phi) is 6.67. The Morgan fingerprint density at radius 2 is 1.81 bits per heavy atom. The Morgan fingerprint density at radius 3 is 2.44 bits per heavy atom. The molecule has 0 radical (unpaired) electrons. The van der Waals surface area contributed by atoms with Crippen LogP contribution < -0.4 is 5.32 Å². The molecule has 0 unspecified atom stereocenters. The predicted molar refractivity (Wildman–Crippen MR) is 111 cm³/mol. The molecule has 0 spiro atoms. The highest BCUT2D eigenvalue weighted by Gasteiger charge is 2.25. The van der Waals surface area contributed by atoms with E-state index in [9.17, 15) is 10.1 Å². The van der Waals surface area contributed by atoms with Crippen molar-refractivity contribution in [2.45, 2.75) is 19.3 Å². The molecule has 1 aliphatic rings. The molecule has 2 aromatic carbocycles. The average molecular weight is 424 g/mol. The zero-order chi connectivity index (χ0) is 19.1. The minimum Gasteiger partial charge on any atom is -0.360 e. The van der Waals surface area contributed by atoms with Crippen molar-refractivity contribution in [3.63, 3.8) is 0 Å². The van der Waals surface area contributed by atoms with Gasteiger partial charge in [-0.15, -0.1) is 0 Å². The summed E-state index contributed by atoms with van der Waals surface area (Å²) < 4.78 is 0.979. The highest BCUT2D eigenvalue weighted by Crippen LogP contribution is 2.23. The van der Waals surface area contributed by atoms with Crippen LogP contribution in [0.3, 0.4) is 0 Å². The van der Waals surface area contributed by atoms with E-state index in [1.165, 1.54) is 11.8 Å². The second-order valence-electron chi connectivity index (χ2n) is 6.75. The van der Waals surface area contributed by atoms with Gasteiger partial charge in [0.1, 0.15) is 11.6 Å². The number of amides is 1. The summed E-state index contributed by atoms with van der Waals surface area (Å²) in [5.41, 5.74) is 2.32. The minimum atomic E-state index is -0.194. The SMILES string of the molecule is N#C/C(=C/Nc1ccc(Br)cc1)C(=O)N1CCC(Cc2ccccc2)CC1. The molecule has 1 heterocycles. The molecule has 1 saturated heterocycles. The van der Waals surface area contributed by atoms with Crippen molar-refractivity contribution >= 4 is 27.5 Å². The fourth-order valence-electron chi connectivity index (χ4n) is 3.30. The van der Waals surface area contributed by atoms with Gasteiger partial charge in [-0.3, -0.25) is 4.79 Å². The summed E-state index contributed by atoms with van der Waals surface area (Å²) in [4.78, 5) is 14.4. The molecule has 5 heteroatoms.